The third-order valence-electron chi connectivity index (χ3n) is 3.42. The normalized spacial score (nSPS) is 12.9. The minimum Gasteiger partial charge on any atom is -0.469 e. The predicted molar refractivity (Wildman–Crippen MR) is 78.8 cm³/mol. The van der Waals surface area contributed by atoms with Gasteiger partial charge in [0.1, 0.15) is 0 Å². The molecule has 1 atom stereocenters. The number of benzene rings is 1. The maximum absolute atomic E-state index is 12.6. The molecule has 7 heteroatoms. The van der Waals surface area contributed by atoms with Crippen LogP contribution in [0.4, 0.5) is 13.2 Å². The topological polar surface area (TPSA) is 46.6 Å². The molecule has 0 spiro atoms. The molecule has 1 amide bonds. The Bertz CT molecular complexity index is 553. The third-order valence-corrected chi connectivity index (χ3v) is 3.42. The van der Waals surface area contributed by atoms with Gasteiger partial charge in [0, 0.05) is 18.2 Å². The fourth-order valence-electron chi connectivity index (χ4n) is 2.07. The largest absolute Gasteiger partial charge is 0.469 e. The molecule has 1 aromatic carbocycles. The smallest absolute Gasteiger partial charge is 0.416 e. The maximum atomic E-state index is 12.6. The Morgan fingerprint density at radius 2 is 1.65 bits per heavy atom. The number of amides is 1. The molecule has 0 aliphatic rings. The van der Waals surface area contributed by atoms with E-state index in [0.29, 0.717) is 0 Å². The summed E-state index contributed by atoms with van der Waals surface area (Å²) in [6.07, 6.45) is -4.45. The van der Waals surface area contributed by atoms with Gasteiger partial charge in [-0.05, 0) is 38.1 Å². The number of alkyl halides is 3. The fourth-order valence-corrected chi connectivity index (χ4v) is 2.07. The maximum Gasteiger partial charge on any atom is 0.416 e. The van der Waals surface area contributed by atoms with E-state index in [1.165, 1.54) is 12.0 Å². The second kappa shape index (κ2) is 7.48. The van der Waals surface area contributed by atoms with Crippen LogP contribution >= 0.6 is 0 Å². The Morgan fingerprint density at radius 3 is 2.04 bits per heavy atom. The van der Waals surface area contributed by atoms with E-state index in [9.17, 15) is 22.8 Å². The van der Waals surface area contributed by atoms with E-state index in [1.807, 2.05) is 0 Å². The van der Waals surface area contributed by atoms with Crippen LogP contribution in [0.15, 0.2) is 24.3 Å². The van der Waals surface area contributed by atoms with Crippen molar-refractivity contribution in [1.82, 2.24) is 4.90 Å². The Hall–Kier alpha value is -2.05. The first kappa shape index (κ1) is 19.0. The Kier molecular flexibility index (Phi) is 6.18. The summed E-state index contributed by atoms with van der Waals surface area (Å²) in [5, 5.41) is 0. The van der Waals surface area contributed by atoms with Crippen LogP contribution in [0.5, 0.6) is 0 Å². The van der Waals surface area contributed by atoms with Crippen molar-refractivity contribution in [2.24, 2.45) is 5.92 Å². The molecule has 0 fully saturated rings. The average Bonchev–Trinajstić information content (AvgIpc) is 2.49. The van der Waals surface area contributed by atoms with E-state index in [0.717, 1.165) is 24.3 Å². The minimum atomic E-state index is -4.45. The lowest BCUT2D eigenvalue weighted by molar-refractivity contribution is -0.145. The van der Waals surface area contributed by atoms with Gasteiger partial charge in [0.15, 0.2) is 0 Å². The molecule has 0 radical (unpaired) electrons. The van der Waals surface area contributed by atoms with Crippen molar-refractivity contribution in [3.63, 3.8) is 0 Å². The molecule has 0 aromatic heterocycles. The molecule has 4 nitrogen and oxygen atoms in total. The average molecular weight is 331 g/mol. The standard InChI is InChI=1S/C16H20F3NO3/c1-10(2)20(9-11(3)15(22)23-4)14(21)12-5-7-13(8-6-12)16(17,18)19/h5-8,10-11H,9H2,1-4H3. The lowest BCUT2D eigenvalue weighted by Crippen LogP contribution is -2.41. The van der Waals surface area contributed by atoms with Gasteiger partial charge in [-0.2, -0.15) is 13.2 Å². The van der Waals surface area contributed by atoms with Crippen molar-refractivity contribution >= 4 is 11.9 Å². The molecule has 0 heterocycles. The molecule has 0 N–H and O–H groups in total. The number of hydrogen-bond acceptors (Lipinski definition) is 3. The highest BCUT2D eigenvalue weighted by Crippen LogP contribution is 2.29. The Labute approximate surface area is 133 Å². The summed E-state index contributed by atoms with van der Waals surface area (Å²) in [7, 11) is 1.26. The number of rotatable bonds is 5. The van der Waals surface area contributed by atoms with Gasteiger partial charge >= 0.3 is 12.1 Å². The van der Waals surface area contributed by atoms with Crippen molar-refractivity contribution in [2.45, 2.75) is 33.0 Å². The van der Waals surface area contributed by atoms with Crippen molar-refractivity contribution in [3.05, 3.63) is 35.4 Å². The summed E-state index contributed by atoms with van der Waals surface area (Å²) >= 11 is 0. The quantitative estimate of drug-likeness (QED) is 0.777. The van der Waals surface area contributed by atoms with Crippen molar-refractivity contribution < 1.29 is 27.5 Å². The SMILES string of the molecule is COC(=O)C(C)CN(C(=O)c1ccc(C(F)(F)F)cc1)C(C)C. The first-order chi connectivity index (χ1) is 10.6. The Balaban J connectivity index is 2.96. The molecule has 0 aliphatic heterocycles. The number of nitrogens with zero attached hydrogens (tertiary/aromatic N) is 1. The number of esters is 1. The third kappa shape index (κ3) is 4.97. The number of methoxy groups -OCH3 is 1. The van der Waals surface area contributed by atoms with Crippen LogP contribution < -0.4 is 0 Å². The van der Waals surface area contributed by atoms with Gasteiger partial charge in [0.2, 0.25) is 0 Å². The van der Waals surface area contributed by atoms with Crippen LogP contribution in [-0.4, -0.2) is 36.5 Å². The van der Waals surface area contributed by atoms with E-state index in [-0.39, 0.29) is 18.2 Å². The van der Waals surface area contributed by atoms with Crippen LogP contribution in [0, 0.1) is 5.92 Å². The van der Waals surface area contributed by atoms with E-state index < -0.39 is 29.5 Å². The zero-order valence-electron chi connectivity index (χ0n) is 13.5. The van der Waals surface area contributed by atoms with Crippen LogP contribution in [0.25, 0.3) is 0 Å². The molecular formula is C16H20F3NO3. The summed E-state index contributed by atoms with van der Waals surface area (Å²) in [6.45, 7) is 5.30. The Morgan fingerprint density at radius 1 is 1.13 bits per heavy atom. The van der Waals surface area contributed by atoms with Crippen LogP contribution in [-0.2, 0) is 15.7 Å². The van der Waals surface area contributed by atoms with Crippen molar-refractivity contribution in [2.75, 3.05) is 13.7 Å². The summed E-state index contributed by atoms with van der Waals surface area (Å²) in [5.41, 5.74) is -0.670. The van der Waals surface area contributed by atoms with Gasteiger partial charge in [-0.25, -0.2) is 0 Å². The van der Waals surface area contributed by atoms with Crippen molar-refractivity contribution in [1.29, 1.82) is 0 Å². The van der Waals surface area contributed by atoms with Gasteiger partial charge in [-0.1, -0.05) is 6.92 Å². The van der Waals surface area contributed by atoms with Crippen LogP contribution in [0.2, 0.25) is 0 Å². The molecule has 0 saturated carbocycles. The van der Waals surface area contributed by atoms with E-state index >= 15 is 0 Å². The highest BCUT2D eigenvalue weighted by atomic mass is 19.4. The lowest BCUT2D eigenvalue weighted by atomic mass is 10.1. The number of halogens is 3. The first-order valence-electron chi connectivity index (χ1n) is 7.14. The van der Waals surface area contributed by atoms with E-state index in [2.05, 4.69) is 4.74 Å². The molecule has 1 rings (SSSR count). The molecule has 23 heavy (non-hydrogen) atoms. The van der Waals surface area contributed by atoms with Crippen LogP contribution in [0.3, 0.4) is 0 Å². The molecule has 0 bridgehead atoms. The molecule has 0 aliphatic carbocycles. The molecule has 128 valence electrons. The van der Waals surface area contributed by atoms with Gasteiger partial charge in [-0.15, -0.1) is 0 Å². The van der Waals surface area contributed by atoms with Crippen LogP contribution in [0.1, 0.15) is 36.7 Å². The minimum absolute atomic E-state index is 0.129. The molecule has 1 aromatic rings. The first-order valence-corrected chi connectivity index (χ1v) is 7.14. The molecular weight excluding hydrogens is 311 g/mol. The summed E-state index contributed by atoms with van der Waals surface area (Å²) in [4.78, 5) is 25.4. The summed E-state index contributed by atoms with van der Waals surface area (Å²) < 4.78 is 42.3. The fraction of sp³-hybridized carbons (Fsp3) is 0.500. The highest BCUT2D eigenvalue weighted by Gasteiger charge is 2.31. The van der Waals surface area contributed by atoms with Gasteiger partial charge < -0.3 is 9.64 Å². The van der Waals surface area contributed by atoms with E-state index in [1.54, 1.807) is 20.8 Å². The molecule has 1 unspecified atom stereocenters. The van der Waals surface area contributed by atoms with E-state index in [4.69, 9.17) is 0 Å². The van der Waals surface area contributed by atoms with Gasteiger partial charge in [0.25, 0.3) is 5.91 Å². The van der Waals surface area contributed by atoms with Crippen molar-refractivity contribution in [3.8, 4) is 0 Å². The molecule has 0 saturated heterocycles. The lowest BCUT2D eigenvalue weighted by Gasteiger charge is -2.29. The van der Waals surface area contributed by atoms with Gasteiger partial charge in [0.05, 0.1) is 18.6 Å². The number of hydrogen-bond donors (Lipinski definition) is 0. The number of carbonyl (C=O) groups excluding carboxylic acids is 2. The second-order valence-corrected chi connectivity index (χ2v) is 5.55. The number of ether oxygens (including phenoxy) is 1. The second-order valence-electron chi connectivity index (χ2n) is 5.55. The highest BCUT2D eigenvalue weighted by molar-refractivity contribution is 5.94. The number of carbonyl (C=O) groups is 2. The summed E-state index contributed by atoms with van der Waals surface area (Å²) in [5.74, 6) is -1.40. The zero-order chi connectivity index (χ0) is 17.8. The predicted octanol–water partition coefficient (Wildman–Crippen LogP) is 3.37. The monoisotopic (exact) mass is 331 g/mol. The van der Waals surface area contributed by atoms with Gasteiger partial charge in [-0.3, -0.25) is 9.59 Å². The zero-order valence-corrected chi connectivity index (χ0v) is 13.5. The summed E-state index contributed by atoms with van der Waals surface area (Å²) in [6, 6.07) is 3.81.